The summed E-state index contributed by atoms with van der Waals surface area (Å²) in [6.07, 6.45) is 6.77. The highest BCUT2D eigenvalue weighted by atomic mass is 79.9. The van der Waals surface area contributed by atoms with Gasteiger partial charge < -0.3 is 9.97 Å². The fourth-order valence-corrected chi connectivity index (χ4v) is 6.77. The molecule has 52 heavy (non-hydrogen) atoms. The fourth-order valence-electron chi connectivity index (χ4n) is 5.98. The molecule has 2 amide bonds. The molecule has 7 aromatic rings. The van der Waals surface area contributed by atoms with Crippen LogP contribution >= 0.6 is 31.9 Å². The van der Waals surface area contributed by atoms with Crippen LogP contribution in [0.5, 0.6) is 0 Å². The van der Waals surface area contributed by atoms with Crippen molar-refractivity contribution in [1.82, 2.24) is 20.8 Å². The Morgan fingerprint density at radius 2 is 1.12 bits per heavy atom. The lowest BCUT2D eigenvalue weighted by Crippen LogP contribution is -2.17. The first-order valence-electron chi connectivity index (χ1n) is 16.0. The predicted octanol–water partition coefficient (Wildman–Crippen LogP) is 9.47. The standard InChI is InChI=1S/C40H28Br2F2N6O2/c1-22-2-6-25(7-3-22)38(30-20-45-36-12-8-26(16-28(30)36)39(51)49-47-18-23-4-10-34(43)32(41)14-23)31-21-46-37-13-9-27(17-29(31)37)40(52)50-48-19-24-5-11-35(44)33(42)15-24/h2-21,38,45-46H,1H3,(H,49,51)(H,50,52)/b47-18+,48-19+. The number of hydrogen-bond donors (Lipinski definition) is 4. The Bertz CT molecular complexity index is 2390. The van der Waals surface area contributed by atoms with Crippen molar-refractivity contribution in [3.05, 3.63) is 175 Å². The molecule has 0 bridgehead atoms. The second kappa shape index (κ2) is 14.9. The molecular weight excluding hydrogens is 794 g/mol. The number of benzene rings is 5. The molecule has 0 spiro atoms. The Kier molecular flexibility index (Phi) is 9.92. The van der Waals surface area contributed by atoms with Crippen molar-refractivity contribution in [1.29, 1.82) is 0 Å². The number of fused-ring (bicyclic) bond motifs is 2. The molecule has 0 aliphatic heterocycles. The van der Waals surface area contributed by atoms with Crippen LogP contribution in [-0.2, 0) is 0 Å². The molecule has 12 heteroatoms. The van der Waals surface area contributed by atoms with Crippen molar-refractivity contribution in [3.63, 3.8) is 0 Å². The van der Waals surface area contributed by atoms with E-state index in [-0.39, 0.29) is 5.92 Å². The highest BCUT2D eigenvalue weighted by Crippen LogP contribution is 2.40. The second-order valence-electron chi connectivity index (χ2n) is 12.1. The number of nitrogens with zero attached hydrogens (tertiary/aromatic N) is 2. The smallest absolute Gasteiger partial charge is 0.271 e. The number of hydrazone groups is 2. The van der Waals surface area contributed by atoms with Gasteiger partial charge in [-0.25, -0.2) is 19.6 Å². The molecule has 8 nitrogen and oxygen atoms in total. The first-order chi connectivity index (χ1) is 25.1. The Morgan fingerprint density at radius 3 is 1.56 bits per heavy atom. The van der Waals surface area contributed by atoms with Gasteiger partial charge >= 0.3 is 0 Å². The average Bonchev–Trinajstić information content (AvgIpc) is 3.76. The molecule has 0 aliphatic rings. The van der Waals surface area contributed by atoms with Crippen LogP contribution in [0, 0.1) is 18.6 Å². The molecule has 0 radical (unpaired) electrons. The lowest BCUT2D eigenvalue weighted by atomic mass is 9.84. The molecule has 0 atom stereocenters. The van der Waals surface area contributed by atoms with E-state index < -0.39 is 23.4 Å². The lowest BCUT2D eigenvalue weighted by Gasteiger charge is -2.18. The van der Waals surface area contributed by atoms with Crippen molar-refractivity contribution in [2.75, 3.05) is 0 Å². The van der Waals surface area contributed by atoms with Crippen LogP contribution in [0.15, 0.2) is 129 Å². The maximum atomic E-state index is 13.6. The van der Waals surface area contributed by atoms with E-state index in [9.17, 15) is 18.4 Å². The van der Waals surface area contributed by atoms with E-state index in [1.54, 1.807) is 36.4 Å². The van der Waals surface area contributed by atoms with E-state index >= 15 is 0 Å². The number of carbonyl (C=O) groups is 2. The number of aromatic amines is 2. The van der Waals surface area contributed by atoms with Crippen LogP contribution in [0.1, 0.15) is 60.0 Å². The molecule has 4 N–H and O–H groups in total. The van der Waals surface area contributed by atoms with Gasteiger partial charge in [0.05, 0.1) is 21.4 Å². The normalized spacial score (nSPS) is 11.7. The number of rotatable bonds is 9. The first kappa shape index (κ1) is 34.7. The summed E-state index contributed by atoms with van der Waals surface area (Å²) in [6.45, 7) is 2.03. The van der Waals surface area contributed by atoms with Crippen LogP contribution in [-0.4, -0.2) is 34.2 Å². The summed E-state index contributed by atoms with van der Waals surface area (Å²) in [5.41, 5.74) is 12.8. The summed E-state index contributed by atoms with van der Waals surface area (Å²) < 4.78 is 27.8. The van der Waals surface area contributed by atoms with Crippen LogP contribution in [0.3, 0.4) is 0 Å². The van der Waals surface area contributed by atoms with Gasteiger partial charge in [-0.15, -0.1) is 0 Å². The predicted molar refractivity (Wildman–Crippen MR) is 207 cm³/mol. The van der Waals surface area contributed by atoms with Crippen molar-refractivity contribution in [2.24, 2.45) is 10.2 Å². The Hall–Kier alpha value is -5.72. The van der Waals surface area contributed by atoms with Crippen LogP contribution in [0.2, 0.25) is 0 Å². The largest absolute Gasteiger partial charge is 0.361 e. The topological polar surface area (TPSA) is 114 Å². The summed E-state index contributed by atoms with van der Waals surface area (Å²) in [4.78, 5) is 33.2. The van der Waals surface area contributed by atoms with E-state index in [0.717, 1.165) is 44.1 Å². The van der Waals surface area contributed by atoms with Gasteiger partial charge in [-0.1, -0.05) is 42.0 Å². The average molecular weight is 823 g/mol. The highest BCUT2D eigenvalue weighted by Gasteiger charge is 2.24. The molecule has 0 saturated heterocycles. The van der Waals surface area contributed by atoms with E-state index in [2.05, 4.69) is 87.1 Å². The third kappa shape index (κ3) is 7.34. The molecule has 0 saturated carbocycles. The zero-order chi connectivity index (χ0) is 36.4. The minimum atomic E-state index is -0.407. The number of amides is 2. The SMILES string of the molecule is Cc1ccc(C(c2c[nH]c3ccc(C(=O)N/N=C/c4ccc(F)c(Br)c4)cc23)c2c[nH]c3ccc(C(=O)N/N=C/c4ccc(F)c(Br)c4)cc23)cc1. The summed E-state index contributed by atoms with van der Waals surface area (Å²) >= 11 is 6.31. The third-order valence-electron chi connectivity index (χ3n) is 8.63. The molecule has 0 fully saturated rings. The minimum absolute atomic E-state index is 0.287. The van der Waals surface area contributed by atoms with Gasteiger partial charge in [-0.2, -0.15) is 10.2 Å². The molecule has 5 aromatic carbocycles. The Balaban J connectivity index is 1.21. The van der Waals surface area contributed by atoms with E-state index in [1.165, 1.54) is 24.6 Å². The van der Waals surface area contributed by atoms with Gasteiger partial charge in [0.25, 0.3) is 11.8 Å². The zero-order valence-corrected chi connectivity index (χ0v) is 30.5. The van der Waals surface area contributed by atoms with E-state index in [1.807, 2.05) is 43.6 Å². The molecule has 0 aliphatic carbocycles. The van der Waals surface area contributed by atoms with Crippen LogP contribution in [0.4, 0.5) is 8.78 Å². The van der Waals surface area contributed by atoms with Crippen LogP contribution in [0.25, 0.3) is 21.8 Å². The van der Waals surface area contributed by atoms with Gasteiger partial charge in [0.1, 0.15) is 11.6 Å². The lowest BCUT2D eigenvalue weighted by molar-refractivity contribution is 0.0947. The number of halogens is 4. The minimum Gasteiger partial charge on any atom is -0.361 e. The Morgan fingerprint density at radius 1 is 0.654 bits per heavy atom. The maximum Gasteiger partial charge on any atom is 0.271 e. The summed E-state index contributed by atoms with van der Waals surface area (Å²) in [5, 5.41) is 9.83. The summed E-state index contributed by atoms with van der Waals surface area (Å²) in [7, 11) is 0. The number of hydrogen-bond acceptors (Lipinski definition) is 4. The van der Waals surface area contributed by atoms with Gasteiger partial charge in [-0.3, -0.25) is 9.59 Å². The monoisotopic (exact) mass is 820 g/mol. The third-order valence-corrected chi connectivity index (χ3v) is 9.85. The maximum absolute atomic E-state index is 13.6. The number of aromatic nitrogens is 2. The van der Waals surface area contributed by atoms with Crippen molar-refractivity contribution in [3.8, 4) is 0 Å². The molecule has 258 valence electrons. The van der Waals surface area contributed by atoms with Crippen molar-refractivity contribution >= 4 is 77.9 Å². The van der Waals surface area contributed by atoms with Gasteiger partial charge in [-0.05, 0) is 127 Å². The van der Waals surface area contributed by atoms with Gasteiger partial charge in [0.2, 0.25) is 0 Å². The number of aryl methyl sites for hydroxylation is 1. The van der Waals surface area contributed by atoms with E-state index in [4.69, 9.17) is 0 Å². The second-order valence-corrected chi connectivity index (χ2v) is 13.8. The number of nitrogens with one attached hydrogen (secondary N) is 4. The fraction of sp³-hybridized carbons (Fsp3) is 0.0500. The Labute approximate surface area is 313 Å². The number of carbonyl (C=O) groups excluding carboxylic acids is 2. The summed E-state index contributed by atoms with van der Waals surface area (Å²) in [6, 6.07) is 27.9. The van der Waals surface area contributed by atoms with Crippen molar-refractivity contribution in [2.45, 2.75) is 12.8 Å². The van der Waals surface area contributed by atoms with Crippen LogP contribution < -0.4 is 10.9 Å². The van der Waals surface area contributed by atoms with Gasteiger partial charge in [0.15, 0.2) is 0 Å². The van der Waals surface area contributed by atoms with Crippen molar-refractivity contribution < 1.29 is 18.4 Å². The number of H-pyrrole nitrogens is 2. The molecule has 2 aromatic heterocycles. The van der Waals surface area contributed by atoms with Gasteiger partial charge in [0, 0.05) is 51.2 Å². The molecule has 2 heterocycles. The van der Waals surface area contributed by atoms with E-state index in [0.29, 0.717) is 31.2 Å². The molecular formula is C40H28Br2F2N6O2. The molecule has 0 unspecified atom stereocenters. The zero-order valence-electron chi connectivity index (χ0n) is 27.3. The quantitative estimate of drug-likeness (QED) is 0.0859. The first-order valence-corrected chi connectivity index (χ1v) is 17.6. The summed E-state index contributed by atoms with van der Waals surface area (Å²) in [5.74, 6) is -1.88. The molecule has 7 rings (SSSR count). The highest BCUT2D eigenvalue weighted by molar-refractivity contribution is 9.10.